The zero-order chi connectivity index (χ0) is 21.6. The van der Waals surface area contributed by atoms with E-state index in [0.717, 1.165) is 40.0 Å². The minimum absolute atomic E-state index is 0.00315. The average Bonchev–Trinajstić information content (AvgIpc) is 2.65. The maximum absolute atomic E-state index is 12.4. The maximum Gasteiger partial charge on any atom is 0.317 e. The number of amides is 2. The molecule has 4 rings (SSSR count). The van der Waals surface area contributed by atoms with Gasteiger partial charge in [0.1, 0.15) is 0 Å². The Labute approximate surface area is 190 Å². The molecule has 0 unspecified atom stereocenters. The topological polar surface area (TPSA) is 64.7 Å². The Morgan fingerprint density at radius 3 is 2.53 bits per heavy atom. The van der Waals surface area contributed by atoms with Crippen molar-refractivity contribution in [3.05, 3.63) is 38.9 Å². The fourth-order valence-electron chi connectivity index (χ4n) is 3.64. The number of benzene rings is 1. The summed E-state index contributed by atoms with van der Waals surface area (Å²) in [7, 11) is 0. The quantitative estimate of drug-likeness (QED) is 0.622. The van der Waals surface area contributed by atoms with Gasteiger partial charge < -0.3 is 20.4 Å². The van der Waals surface area contributed by atoms with Crippen LogP contribution in [-0.4, -0.2) is 48.4 Å². The van der Waals surface area contributed by atoms with Crippen LogP contribution in [-0.2, 0) is 4.79 Å². The molecule has 6 nitrogen and oxygen atoms in total. The fourth-order valence-corrected chi connectivity index (χ4v) is 5.48. The van der Waals surface area contributed by atoms with Crippen LogP contribution in [0.5, 0.6) is 0 Å². The van der Waals surface area contributed by atoms with Crippen molar-refractivity contribution in [1.29, 1.82) is 0 Å². The monoisotopic (exact) mass is 466 g/mol. The Bertz CT molecular complexity index is 976. The van der Waals surface area contributed by atoms with Crippen molar-refractivity contribution < 1.29 is 9.59 Å². The van der Waals surface area contributed by atoms with Gasteiger partial charge in [-0.15, -0.1) is 0 Å². The summed E-state index contributed by atoms with van der Waals surface area (Å²) in [6.07, 6.45) is 1.79. The van der Waals surface area contributed by atoms with Gasteiger partial charge in [-0.1, -0.05) is 35.0 Å². The molecule has 1 fully saturated rings. The predicted molar refractivity (Wildman–Crippen MR) is 124 cm³/mol. The summed E-state index contributed by atoms with van der Waals surface area (Å²) >= 11 is 14.4. The van der Waals surface area contributed by atoms with Crippen molar-refractivity contribution in [2.45, 2.75) is 37.6 Å². The number of urea groups is 1. The van der Waals surface area contributed by atoms with E-state index in [4.69, 9.17) is 23.2 Å². The van der Waals surface area contributed by atoms with E-state index in [9.17, 15) is 9.59 Å². The number of nitrogens with one attached hydrogen (secondary N) is 2. The van der Waals surface area contributed by atoms with Gasteiger partial charge in [0, 0.05) is 59.7 Å². The molecular formula is C21H24Cl2N4O2S. The predicted octanol–water partition coefficient (Wildman–Crippen LogP) is 4.79. The molecule has 0 radical (unpaired) electrons. The number of carbonyl (C=O) groups is 2. The molecule has 0 saturated carbocycles. The van der Waals surface area contributed by atoms with Gasteiger partial charge in [-0.3, -0.25) is 4.79 Å². The number of nitrogens with zero attached hydrogens (tertiary/aromatic N) is 2. The number of thioether (sulfide) groups is 1. The smallest absolute Gasteiger partial charge is 0.317 e. The number of hydrogen-bond donors (Lipinski definition) is 2. The third-order valence-corrected chi connectivity index (χ3v) is 6.81. The first kappa shape index (κ1) is 21.4. The second kappa shape index (κ2) is 8.02. The fraction of sp³-hybridized carbons (Fsp3) is 0.429. The van der Waals surface area contributed by atoms with Crippen LogP contribution in [0.4, 0.5) is 16.2 Å². The Kier molecular flexibility index (Phi) is 5.72. The summed E-state index contributed by atoms with van der Waals surface area (Å²) in [5.41, 5.74) is 2.34. The number of allylic oxidation sites excluding steroid dienone is 3. The lowest BCUT2D eigenvalue weighted by Gasteiger charge is -2.38. The molecule has 160 valence electrons. The van der Waals surface area contributed by atoms with Gasteiger partial charge in [0.25, 0.3) is 0 Å². The molecule has 2 heterocycles. The molecule has 2 amide bonds. The number of fused-ring (bicyclic) bond motifs is 1. The Morgan fingerprint density at radius 1 is 1.17 bits per heavy atom. The highest BCUT2D eigenvalue weighted by molar-refractivity contribution is 8.03. The molecule has 9 heteroatoms. The van der Waals surface area contributed by atoms with Crippen molar-refractivity contribution >= 4 is 58.2 Å². The minimum Gasteiger partial charge on any atom is -0.368 e. The highest BCUT2D eigenvalue weighted by atomic mass is 35.5. The van der Waals surface area contributed by atoms with Crippen LogP contribution in [0, 0.1) is 0 Å². The number of anilines is 2. The lowest BCUT2D eigenvalue weighted by Crippen LogP contribution is -2.55. The first-order valence-electron chi connectivity index (χ1n) is 9.85. The van der Waals surface area contributed by atoms with Crippen molar-refractivity contribution in [1.82, 2.24) is 10.2 Å². The third-order valence-electron chi connectivity index (χ3n) is 5.08. The second-order valence-corrected chi connectivity index (χ2v) is 10.6. The number of carbonyl (C=O) groups excluding carboxylic acids is 2. The third kappa shape index (κ3) is 4.43. The normalized spacial score (nSPS) is 19.1. The number of piperazine rings is 1. The second-order valence-electron chi connectivity index (χ2n) is 8.62. The van der Waals surface area contributed by atoms with Crippen molar-refractivity contribution in [2.75, 3.05) is 36.4 Å². The summed E-state index contributed by atoms with van der Waals surface area (Å²) < 4.78 is 0. The molecule has 30 heavy (non-hydrogen) atoms. The van der Waals surface area contributed by atoms with Gasteiger partial charge in [0.2, 0.25) is 0 Å². The molecule has 1 aliphatic carbocycles. The van der Waals surface area contributed by atoms with Crippen LogP contribution in [0.3, 0.4) is 0 Å². The van der Waals surface area contributed by atoms with E-state index in [1.54, 1.807) is 0 Å². The molecular weight excluding hydrogens is 443 g/mol. The first-order chi connectivity index (χ1) is 14.1. The SMILES string of the molecule is CC(C)(C)NC(=O)N1CCN(c2cc(Cl)c3c(c2)SC2=C(N3)C(Cl)=CC(=O)C2)CC1. The lowest BCUT2D eigenvalue weighted by atomic mass is 10.1. The van der Waals surface area contributed by atoms with Crippen LogP contribution in [0.1, 0.15) is 27.2 Å². The molecule has 1 aromatic rings. The van der Waals surface area contributed by atoms with E-state index in [0.29, 0.717) is 29.6 Å². The van der Waals surface area contributed by atoms with Gasteiger partial charge in [-0.2, -0.15) is 0 Å². The molecule has 1 aromatic carbocycles. The van der Waals surface area contributed by atoms with E-state index < -0.39 is 0 Å². The molecule has 2 N–H and O–H groups in total. The standard InChI is InChI=1S/C21H24Cl2N4O2S/c1-21(2,3)25-20(29)27-6-4-26(5-7-27)12-8-14(22)18-16(9-12)30-17-11-13(28)10-15(23)19(17)24-18/h8-10,24H,4-7,11H2,1-3H3,(H,25,29). The van der Waals surface area contributed by atoms with Gasteiger partial charge in [0.15, 0.2) is 5.78 Å². The van der Waals surface area contributed by atoms with Crippen LogP contribution in [0.25, 0.3) is 0 Å². The lowest BCUT2D eigenvalue weighted by molar-refractivity contribution is -0.114. The van der Waals surface area contributed by atoms with Crippen molar-refractivity contribution in [3.8, 4) is 0 Å². The van der Waals surface area contributed by atoms with E-state index in [1.807, 2.05) is 31.7 Å². The molecule has 0 aromatic heterocycles. The summed E-state index contributed by atoms with van der Waals surface area (Å²) in [6.45, 7) is 8.68. The average molecular weight is 467 g/mol. The van der Waals surface area contributed by atoms with Crippen molar-refractivity contribution in [2.24, 2.45) is 0 Å². The first-order valence-corrected chi connectivity index (χ1v) is 11.4. The van der Waals surface area contributed by atoms with E-state index in [2.05, 4.69) is 21.6 Å². The van der Waals surface area contributed by atoms with Crippen molar-refractivity contribution in [3.63, 3.8) is 0 Å². The number of ketones is 1. The summed E-state index contributed by atoms with van der Waals surface area (Å²) in [6, 6.07) is 4.00. The van der Waals surface area contributed by atoms with Crippen LogP contribution in [0.15, 0.2) is 38.7 Å². The molecule has 0 spiro atoms. The zero-order valence-corrected chi connectivity index (χ0v) is 19.5. The highest BCUT2D eigenvalue weighted by Crippen LogP contribution is 2.49. The van der Waals surface area contributed by atoms with Crippen LogP contribution in [0.2, 0.25) is 5.02 Å². The summed E-state index contributed by atoms with van der Waals surface area (Å²) in [5, 5.41) is 7.35. The summed E-state index contributed by atoms with van der Waals surface area (Å²) in [4.78, 5) is 30.3. The molecule has 0 bridgehead atoms. The van der Waals surface area contributed by atoms with Gasteiger partial charge in [-0.25, -0.2) is 4.79 Å². The van der Waals surface area contributed by atoms with Gasteiger partial charge in [0.05, 0.1) is 21.4 Å². The molecule has 1 saturated heterocycles. The molecule has 2 aliphatic heterocycles. The Morgan fingerprint density at radius 2 is 1.87 bits per heavy atom. The maximum atomic E-state index is 12.4. The Hall–Kier alpha value is -1.83. The van der Waals surface area contributed by atoms with E-state index in [-0.39, 0.29) is 17.4 Å². The largest absolute Gasteiger partial charge is 0.368 e. The Balaban J connectivity index is 1.48. The number of rotatable bonds is 1. The zero-order valence-electron chi connectivity index (χ0n) is 17.1. The minimum atomic E-state index is -0.253. The van der Waals surface area contributed by atoms with Crippen LogP contribution < -0.4 is 15.5 Å². The highest BCUT2D eigenvalue weighted by Gasteiger charge is 2.29. The number of hydrogen-bond acceptors (Lipinski definition) is 5. The molecule has 3 aliphatic rings. The number of halogens is 2. The van der Waals surface area contributed by atoms with Gasteiger partial charge >= 0.3 is 6.03 Å². The van der Waals surface area contributed by atoms with E-state index >= 15 is 0 Å². The van der Waals surface area contributed by atoms with E-state index in [1.165, 1.54) is 17.8 Å². The van der Waals surface area contributed by atoms with Crippen LogP contribution >= 0.6 is 35.0 Å². The molecule has 0 atom stereocenters. The van der Waals surface area contributed by atoms with Gasteiger partial charge in [-0.05, 0) is 32.9 Å². The summed E-state index contributed by atoms with van der Waals surface area (Å²) in [5.74, 6) is 0.00315.